The molecule has 2 aromatic rings. The fourth-order valence-corrected chi connectivity index (χ4v) is 3.23. The zero-order chi connectivity index (χ0) is 22.3. The van der Waals surface area contributed by atoms with Crippen molar-refractivity contribution in [2.45, 2.75) is 39.2 Å². The number of aliphatic hydroxyl groups is 2. The van der Waals surface area contributed by atoms with Crippen molar-refractivity contribution < 1.29 is 29.6 Å². The van der Waals surface area contributed by atoms with Gasteiger partial charge in [-0.3, -0.25) is 0 Å². The number of carbonyl (C=O) groups excluding carboxylic acids is 1. The molecule has 0 saturated carbocycles. The Morgan fingerprint density at radius 2 is 1.80 bits per heavy atom. The minimum Gasteiger partial charge on any atom is -0.480 e. The number of nitrogens with one attached hydrogen (secondary N) is 1. The predicted molar refractivity (Wildman–Crippen MR) is 113 cm³/mol. The second-order valence-corrected chi connectivity index (χ2v) is 7.68. The molecule has 0 spiro atoms. The lowest BCUT2D eigenvalue weighted by Gasteiger charge is -2.31. The highest BCUT2D eigenvalue weighted by atomic mass is 16.8. The number of hydrogen-bond acceptors (Lipinski definition) is 5. The second-order valence-electron chi connectivity index (χ2n) is 7.68. The van der Waals surface area contributed by atoms with E-state index in [4.69, 9.17) is 4.74 Å². The van der Waals surface area contributed by atoms with Gasteiger partial charge in [0.1, 0.15) is 12.6 Å². The average molecular weight is 418 g/mol. The van der Waals surface area contributed by atoms with Crippen LogP contribution in [0.2, 0.25) is 0 Å². The highest BCUT2D eigenvalue weighted by Gasteiger charge is 2.32. The van der Waals surface area contributed by atoms with Crippen LogP contribution in [0, 0.1) is 5.92 Å². The molecule has 2 rings (SSSR count). The number of aliphatic carboxylic acids is 1. The van der Waals surface area contributed by atoms with Crippen molar-refractivity contribution in [3.05, 3.63) is 48.0 Å². The summed E-state index contributed by atoms with van der Waals surface area (Å²) in [6, 6.07) is 11.5. The standard InChI is InChI=1S/C22H30N2O6/c1-4-30-22(28,29)14-24(13-15(2)3)21(27)23-19(20(25)26)12-16-9-10-17-7-5-6-8-18(17)11-16/h5-11,15,19,28-29H,4,12-14H2,1-3H3,(H,23,27)(H,25,26)/t19-/m0/s1. The van der Waals surface area contributed by atoms with Crippen LogP contribution in [-0.2, 0) is 16.0 Å². The van der Waals surface area contributed by atoms with Gasteiger partial charge in [0.25, 0.3) is 5.97 Å². The van der Waals surface area contributed by atoms with Gasteiger partial charge in [0.05, 0.1) is 0 Å². The number of carbonyl (C=O) groups is 2. The van der Waals surface area contributed by atoms with Gasteiger partial charge >= 0.3 is 12.0 Å². The Kier molecular flexibility index (Phi) is 8.16. The number of benzene rings is 2. The summed E-state index contributed by atoms with van der Waals surface area (Å²) in [6.07, 6.45) is 0.0935. The number of fused-ring (bicyclic) bond motifs is 1. The largest absolute Gasteiger partial charge is 0.480 e. The Bertz CT molecular complexity index is 868. The van der Waals surface area contributed by atoms with E-state index in [-0.39, 0.29) is 25.5 Å². The minimum atomic E-state index is -2.52. The Hall–Kier alpha value is -2.68. The summed E-state index contributed by atoms with van der Waals surface area (Å²) >= 11 is 0. The van der Waals surface area contributed by atoms with Gasteiger partial charge in [0.15, 0.2) is 0 Å². The molecule has 0 aliphatic rings. The fraction of sp³-hybridized carbons (Fsp3) is 0.455. The van der Waals surface area contributed by atoms with E-state index in [0.29, 0.717) is 0 Å². The molecule has 164 valence electrons. The molecule has 0 heterocycles. The van der Waals surface area contributed by atoms with E-state index in [1.807, 2.05) is 56.3 Å². The molecule has 0 bridgehead atoms. The summed E-state index contributed by atoms with van der Waals surface area (Å²) in [5, 5.41) is 34.0. The van der Waals surface area contributed by atoms with Gasteiger partial charge in [0, 0.05) is 19.6 Å². The smallest absolute Gasteiger partial charge is 0.326 e. The maximum absolute atomic E-state index is 12.8. The van der Waals surface area contributed by atoms with Gasteiger partial charge in [0.2, 0.25) is 0 Å². The topological polar surface area (TPSA) is 119 Å². The zero-order valence-corrected chi connectivity index (χ0v) is 17.5. The molecule has 1 atom stereocenters. The highest BCUT2D eigenvalue weighted by molar-refractivity contribution is 5.85. The lowest BCUT2D eigenvalue weighted by Crippen LogP contribution is -2.54. The molecule has 0 aliphatic carbocycles. The van der Waals surface area contributed by atoms with E-state index < -0.39 is 30.6 Å². The molecular formula is C22H30N2O6. The molecule has 30 heavy (non-hydrogen) atoms. The number of nitrogens with zero attached hydrogens (tertiary/aromatic N) is 1. The van der Waals surface area contributed by atoms with Gasteiger partial charge in [-0.2, -0.15) is 0 Å². The van der Waals surface area contributed by atoms with Crippen molar-refractivity contribution in [3.63, 3.8) is 0 Å². The van der Waals surface area contributed by atoms with Gasteiger partial charge in [-0.15, -0.1) is 0 Å². The second kappa shape index (κ2) is 10.4. The monoisotopic (exact) mass is 418 g/mol. The molecule has 0 saturated heterocycles. The van der Waals surface area contributed by atoms with Crippen LogP contribution in [0.4, 0.5) is 4.79 Å². The molecule has 0 aliphatic heterocycles. The molecule has 0 unspecified atom stereocenters. The number of amides is 2. The van der Waals surface area contributed by atoms with Gasteiger partial charge in [-0.1, -0.05) is 56.3 Å². The zero-order valence-electron chi connectivity index (χ0n) is 17.5. The Morgan fingerprint density at radius 3 is 2.40 bits per heavy atom. The minimum absolute atomic E-state index is 0.0249. The molecular weight excluding hydrogens is 388 g/mol. The van der Waals surface area contributed by atoms with Crippen molar-refractivity contribution in [3.8, 4) is 0 Å². The van der Waals surface area contributed by atoms with Gasteiger partial charge in [-0.25, -0.2) is 9.59 Å². The molecule has 2 amide bonds. The lowest BCUT2D eigenvalue weighted by molar-refractivity contribution is -0.338. The summed E-state index contributed by atoms with van der Waals surface area (Å²) in [7, 11) is 0. The number of urea groups is 1. The number of carboxylic acids is 1. The van der Waals surface area contributed by atoms with E-state index in [1.54, 1.807) is 6.92 Å². The summed E-state index contributed by atoms with van der Waals surface area (Å²) in [5.41, 5.74) is 0.768. The molecule has 2 aromatic carbocycles. The van der Waals surface area contributed by atoms with E-state index >= 15 is 0 Å². The first kappa shape index (κ1) is 23.6. The SMILES string of the molecule is CCOC(O)(O)CN(CC(C)C)C(=O)N[C@@H](Cc1ccc2ccccc2c1)C(=O)O. The Balaban J connectivity index is 2.15. The third kappa shape index (κ3) is 6.98. The highest BCUT2D eigenvalue weighted by Crippen LogP contribution is 2.17. The summed E-state index contributed by atoms with van der Waals surface area (Å²) in [4.78, 5) is 25.7. The van der Waals surface area contributed by atoms with Crippen molar-refractivity contribution >= 4 is 22.8 Å². The third-order valence-electron chi connectivity index (χ3n) is 4.49. The maximum Gasteiger partial charge on any atom is 0.326 e. The van der Waals surface area contributed by atoms with Crippen molar-refractivity contribution in [2.75, 3.05) is 19.7 Å². The quantitative estimate of drug-likeness (QED) is 0.439. The van der Waals surface area contributed by atoms with Gasteiger partial charge < -0.3 is 30.3 Å². The Morgan fingerprint density at radius 1 is 1.13 bits per heavy atom. The van der Waals surface area contributed by atoms with E-state index in [2.05, 4.69) is 5.32 Å². The summed E-state index contributed by atoms with van der Waals surface area (Å²) in [5.74, 6) is -3.67. The van der Waals surface area contributed by atoms with Crippen LogP contribution < -0.4 is 5.32 Å². The molecule has 4 N–H and O–H groups in total. The molecule has 8 heteroatoms. The fourth-order valence-electron chi connectivity index (χ4n) is 3.23. The van der Waals surface area contributed by atoms with Crippen molar-refractivity contribution in [1.29, 1.82) is 0 Å². The first-order valence-electron chi connectivity index (χ1n) is 9.96. The van der Waals surface area contributed by atoms with Crippen LogP contribution in [0.1, 0.15) is 26.3 Å². The normalized spacial score (nSPS) is 12.7. The number of hydrogen-bond donors (Lipinski definition) is 4. The summed E-state index contributed by atoms with van der Waals surface area (Å²) in [6.45, 7) is 5.06. The van der Waals surface area contributed by atoms with Gasteiger partial charge in [-0.05, 0) is 29.2 Å². The molecule has 0 fully saturated rings. The maximum atomic E-state index is 12.8. The van der Waals surface area contributed by atoms with Crippen LogP contribution in [-0.4, -0.2) is 63.9 Å². The van der Waals surface area contributed by atoms with Crippen LogP contribution in [0.25, 0.3) is 10.8 Å². The van der Waals surface area contributed by atoms with Crippen LogP contribution in [0.5, 0.6) is 0 Å². The van der Waals surface area contributed by atoms with Crippen molar-refractivity contribution in [1.82, 2.24) is 10.2 Å². The van der Waals surface area contributed by atoms with Crippen LogP contribution in [0.15, 0.2) is 42.5 Å². The van der Waals surface area contributed by atoms with Crippen LogP contribution in [0.3, 0.4) is 0 Å². The number of rotatable bonds is 10. The first-order valence-corrected chi connectivity index (χ1v) is 9.96. The Labute approximate surface area is 176 Å². The number of carboxylic acid groups (broad SMARTS) is 1. The van der Waals surface area contributed by atoms with Crippen LogP contribution >= 0.6 is 0 Å². The predicted octanol–water partition coefficient (Wildman–Crippen LogP) is 2.18. The number of ether oxygens (including phenoxy) is 1. The van der Waals surface area contributed by atoms with E-state index in [9.17, 15) is 24.9 Å². The van der Waals surface area contributed by atoms with E-state index in [0.717, 1.165) is 21.2 Å². The van der Waals surface area contributed by atoms with E-state index in [1.165, 1.54) is 0 Å². The average Bonchev–Trinajstić information content (AvgIpc) is 2.66. The first-order chi connectivity index (χ1) is 14.1. The third-order valence-corrected chi connectivity index (χ3v) is 4.49. The molecule has 0 aromatic heterocycles. The van der Waals surface area contributed by atoms with Crippen molar-refractivity contribution in [2.24, 2.45) is 5.92 Å². The lowest BCUT2D eigenvalue weighted by atomic mass is 10.0. The summed E-state index contributed by atoms with van der Waals surface area (Å²) < 4.78 is 4.85. The molecule has 0 radical (unpaired) electrons. The molecule has 8 nitrogen and oxygen atoms in total.